The molecule has 0 saturated carbocycles. The van der Waals surface area contributed by atoms with Gasteiger partial charge in [-0.05, 0) is 24.3 Å². The van der Waals surface area contributed by atoms with Gasteiger partial charge in [-0.2, -0.15) is 5.26 Å². The molecule has 0 spiro atoms. The van der Waals surface area contributed by atoms with Crippen molar-refractivity contribution in [2.24, 2.45) is 0 Å². The number of nitriles is 1. The molecule has 108 valence electrons. The predicted octanol–water partition coefficient (Wildman–Crippen LogP) is 3.54. The number of furan rings is 1. The van der Waals surface area contributed by atoms with Crippen molar-refractivity contribution in [2.45, 2.75) is 13.0 Å². The van der Waals surface area contributed by atoms with Crippen molar-refractivity contribution in [3.05, 3.63) is 52.2 Å². The first kappa shape index (κ1) is 15.4. The standard InChI is InChI=1S/C14H11Cl2N3O2/c15-12-5-4-11(13(16)18-12)14(20)19(7-2-6-17)9-10-3-1-8-21-10/h1,3-5,8H,2,7,9H2. The molecule has 5 nitrogen and oxygen atoms in total. The predicted molar refractivity (Wildman–Crippen MR) is 77.9 cm³/mol. The van der Waals surface area contributed by atoms with Gasteiger partial charge in [0.15, 0.2) is 0 Å². The van der Waals surface area contributed by atoms with Crippen LogP contribution in [0, 0.1) is 11.3 Å². The summed E-state index contributed by atoms with van der Waals surface area (Å²) in [4.78, 5) is 17.9. The quantitative estimate of drug-likeness (QED) is 0.789. The third-order valence-electron chi connectivity index (χ3n) is 2.75. The highest BCUT2D eigenvalue weighted by atomic mass is 35.5. The van der Waals surface area contributed by atoms with Crippen molar-refractivity contribution in [1.29, 1.82) is 5.26 Å². The van der Waals surface area contributed by atoms with Gasteiger partial charge in [0.05, 0.1) is 30.9 Å². The zero-order valence-corrected chi connectivity index (χ0v) is 12.4. The van der Waals surface area contributed by atoms with Crippen LogP contribution in [0.3, 0.4) is 0 Å². The van der Waals surface area contributed by atoms with Crippen LogP contribution >= 0.6 is 23.2 Å². The van der Waals surface area contributed by atoms with Crippen LogP contribution in [-0.4, -0.2) is 22.3 Å². The first-order chi connectivity index (χ1) is 10.1. The van der Waals surface area contributed by atoms with Crippen molar-refractivity contribution in [1.82, 2.24) is 9.88 Å². The van der Waals surface area contributed by atoms with Gasteiger partial charge in [0.25, 0.3) is 5.91 Å². The Bertz CT molecular complexity index is 665. The van der Waals surface area contributed by atoms with E-state index in [1.165, 1.54) is 23.3 Å². The number of hydrogen-bond acceptors (Lipinski definition) is 4. The molecule has 0 atom stereocenters. The first-order valence-corrected chi connectivity index (χ1v) is 6.88. The Morgan fingerprint density at radius 3 is 2.81 bits per heavy atom. The van der Waals surface area contributed by atoms with Crippen LogP contribution in [0.15, 0.2) is 34.9 Å². The summed E-state index contributed by atoms with van der Waals surface area (Å²) in [5.41, 5.74) is 0.241. The summed E-state index contributed by atoms with van der Waals surface area (Å²) in [5, 5.41) is 8.97. The molecule has 0 bridgehead atoms. The molecule has 0 radical (unpaired) electrons. The Morgan fingerprint density at radius 2 is 2.19 bits per heavy atom. The molecule has 0 aromatic carbocycles. The average molecular weight is 324 g/mol. The van der Waals surface area contributed by atoms with Gasteiger partial charge in [0.1, 0.15) is 16.1 Å². The molecular formula is C14H11Cl2N3O2. The lowest BCUT2D eigenvalue weighted by molar-refractivity contribution is 0.0735. The van der Waals surface area contributed by atoms with Crippen molar-refractivity contribution in [3.63, 3.8) is 0 Å². The fourth-order valence-corrected chi connectivity index (χ4v) is 2.20. The number of hydrogen-bond donors (Lipinski definition) is 0. The van der Waals surface area contributed by atoms with Gasteiger partial charge in [0, 0.05) is 6.54 Å². The summed E-state index contributed by atoms with van der Waals surface area (Å²) in [7, 11) is 0. The Kier molecular flexibility index (Phi) is 5.20. The zero-order chi connectivity index (χ0) is 15.2. The first-order valence-electron chi connectivity index (χ1n) is 6.12. The third kappa shape index (κ3) is 3.97. The van der Waals surface area contributed by atoms with E-state index < -0.39 is 0 Å². The summed E-state index contributed by atoms with van der Waals surface area (Å²) >= 11 is 11.7. The topological polar surface area (TPSA) is 70.1 Å². The second-order valence-corrected chi connectivity index (χ2v) is 4.93. The lowest BCUT2D eigenvalue weighted by Gasteiger charge is -2.20. The largest absolute Gasteiger partial charge is 0.467 e. The SMILES string of the molecule is N#CCCN(Cc1ccco1)C(=O)c1ccc(Cl)nc1Cl. The maximum atomic E-state index is 12.5. The fraction of sp³-hybridized carbons (Fsp3) is 0.214. The summed E-state index contributed by atoms with van der Waals surface area (Å²) in [6.45, 7) is 0.529. The molecular weight excluding hydrogens is 313 g/mol. The van der Waals surface area contributed by atoms with E-state index in [1.807, 2.05) is 6.07 Å². The van der Waals surface area contributed by atoms with E-state index in [4.69, 9.17) is 32.9 Å². The number of carbonyl (C=O) groups is 1. The molecule has 0 fully saturated rings. The van der Waals surface area contributed by atoms with E-state index in [0.717, 1.165) is 0 Å². The number of halogens is 2. The number of carbonyl (C=O) groups excluding carboxylic acids is 1. The number of amides is 1. The highest BCUT2D eigenvalue weighted by Gasteiger charge is 2.20. The maximum Gasteiger partial charge on any atom is 0.257 e. The van der Waals surface area contributed by atoms with Crippen LogP contribution in [0.25, 0.3) is 0 Å². The third-order valence-corrected chi connectivity index (χ3v) is 3.25. The van der Waals surface area contributed by atoms with Crippen LogP contribution in [0.4, 0.5) is 0 Å². The second kappa shape index (κ2) is 7.11. The van der Waals surface area contributed by atoms with Gasteiger partial charge in [0.2, 0.25) is 0 Å². The van der Waals surface area contributed by atoms with Crippen LogP contribution in [0.2, 0.25) is 10.3 Å². The van der Waals surface area contributed by atoms with E-state index in [1.54, 1.807) is 12.1 Å². The maximum absolute atomic E-state index is 12.5. The number of pyridine rings is 1. The Balaban J connectivity index is 2.22. The molecule has 7 heteroatoms. The number of rotatable bonds is 5. The monoisotopic (exact) mass is 323 g/mol. The Labute approximate surface area is 131 Å². The molecule has 2 heterocycles. The second-order valence-electron chi connectivity index (χ2n) is 4.19. The normalized spacial score (nSPS) is 10.1. The van der Waals surface area contributed by atoms with E-state index >= 15 is 0 Å². The number of aromatic nitrogens is 1. The van der Waals surface area contributed by atoms with E-state index in [2.05, 4.69) is 4.98 Å². The molecule has 0 aliphatic carbocycles. The number of nitrogens with zero attached hydrogens (tertiary/aromatic N) is 3. The highest BCUT2D eigenvalue weighted by molar-refractivity contribution is 6.34. The molecule has 2 aromatic rings. The van der Waals surface area contributed by atoms with Crippen LogP contribution in [-0.2, 0) is 6.54 Å². The molecule has 21 heavy (non-hydrogen) atoms. The molecule has 2 aromatic heterocycles. The van der Waals surface area contributed by atoms with Gasteiger partial charge in [-0.25, -0.2) is 4.98 Å². The summed E-state index contributed by atoms with van der Waals surface area (Å²) in [6, 6.07) is 8.52. The summed E-state index contributed by atoms with van der Waals surface area (Å²) in [5.74, 6) is 0.301. The zero-order valence-electron chi connectivity index (χ0n) is 10.9. The van der Waals surface area contributed by atoms with Gasteiger partial charge in [-0.15, -0.1) is 0 Å². The lowest BCUT2D eigenvalue weighted by atomic mass is 10.2. The van der Waals surface area contributed by atoms with Gasteiger partial charge < -0.3 is 9.32 Å². The lowest BCUT2D eigenvalue weighted by Crippen LogP contribution is -2.31. The molecule has 0 aliphatic rings. The van der Waals surface area contributed by atoms with Crippen LogP contribution in [0.1, 0.15) is 22.5 Å². The van der Waals surface area contributed by atoms with Crippen LogP contribution < -0.4 is 0 Å². The highest BCUT2D eigenvalue weighted by Crippen LogP contribution is 2.19. The van der Waals surface area contributed by atoms with Crippen LogP contribution in [0.5, 0.6) is 0 Å². The van der Waals surface area contributed by atoms with Crippen molar-refractivity contribution in [2.75, 3.05) is 6.54 Å². The molecule has 2 rings (SSSR count). The Morgan fingerprint density at radius 1 is 1.38 bits per heavy atom. The van der Waals surface area contributed by atoms with Gasteiger partial charge in [-0.3, -0.25) is 4.79 Å². The molecule has 0 aliphatic heterocycles. The minimum Gasteiger partial charge on any atom is -0.467 e. The molecule has 1 amide bonds. The van der Waals surface area contributed by atoms with Gasteiger partial charge in [-0.1, -0.05) is 23.2 Å². The van der Waals surface area contributed by atoms with E-state index in [0.29, 0.717) is 5.76 Å². The van der Waals surface area contributed by atoms with Gasteiger partial charge >= 0.3 is 0 Å². The molecule has 0 saturated heterocycles. The minimum atomic E-state index is -0.323. The van der Waals surface area contributed by atoms with Crippen molar-refractivity contribution < 1.29 is 9.21 Å². The average Bonchev–Trinajstić information content (AvgIpc) is 2.95. The van der Waals surface area contributed by atoms with E-state index in [9.17, 15) is 4.79 Å². The molecule has 0 N–H and O–H groups in total. The molecule has 0 unspecified atom stereocenters. The summed E-state index contributed by atoms with van der Waals surface area (Å²) < 4.78 is 5.23. The van der Waals surface area contributed by atoms with Crippen molar-refractivity contribution in [3.8, 4) is 6.07 Å². The fourth-order valence-electron chi connectivity index (χ4n) is 1.77. The Hall–Kier alpha value is -2.03. The minimum absolute atomic E-state index is 0.0360. The summed E-state index contributed by atoms with van der Waals surface area (Å²) in [6.07, 6.45) is 1.74. The van der Waals surface area contributed by atoms with Crippen molar-refractivity contribution >= 4 is 29.1 Å². The van der Waals surface area contributed by atoms with E-state index in [-0.39, 0.29) is 41.3 Å². The smallest absolute Gasteiger partial charge is 0.257 e.